The van der Waals surface area contributed by atoms with E-state index >= 15 is 0 Å². The molecular formula is C16H31N7O5S. The Labute approximate surface area is 173 Å². The fourth-order valence-corrected chi connectivity index (χ4v) is 2.61. The zero-order chi connectivity index (χ0) is 22.4. The predicted octanol–water partition coefficient (Wildman–Crippen LogP) is -2.69. The molecule has 0 aliphatic heterocycles. The molecule has 0 saturated heterocycles. The summed E-state index contributed by atoms with van der Waals surface area (Å²) in [6.45, 7) is 1.17. The number of carbonyl (C=O) groups is 4. The van der Waals surface area contributed by atoms with Crippen LogP contribution in [0.3, 0.4) is 0 Å². The molecule has 0 fully saturated rings. The second kappa shape index (κ2) is 14.5. The average molecular weight is 434 g/mol. The number of rotatable bonds is 14. The van der Waals surface area contributed by atoms with Crippen LogP contribution in [0, 0.1) is 0 Å². The first-order valence-corrected chi connectivity index (χ1v) is 10.4. The van der Waals surface area contributed by atoms with E-state index in [-0.39, 0.29) is 18.9 Å². The molecular weight excluding hydrogens is 402 g/mol. The Morgan fingerprint density at radius 1 is 1.03 bits per heavy atom. The third kappa shape index (κ3) is 12.5. The van der Waals surface area contributed by atoms with Crippen LogP contribution in [0.1, 0.15) is 26.2 Å². The molecule has 0 rings (SSSR count). The molecule has 3 amide bonds. The molecule has 0 aliphatic rings. The molecule has 0 aromatic heterocycles. The van der Waals surface area contributed by atoms with E-state index in [2.05, 4.69) is 20.9 Å². The molecule has 0 aromatic rings. The molecule has 29 heavy (non-hydrogen) atoms. The fraction of sp³-hybridized carbons (Fsp3) is 0.688. The van der Waals surface area contributed by atoms with E-state index in [9.17, 15) is 19.2 Å². The van der Waals surface area contributed by atoms with E-state index in [4.69, 9.17) is 22.3 Å². The minimum atomic E-state index is -1.20. The molecule has 13 heteroatoms. The van der Waals surface area contributed by atoms with Crippen molar-refractivity contribution in [2.75, 3.05) is 25.1 Å². The number of carboxylic acids is 1. The highest BCUT2D eigenvalue weighted by atomic mass is 32.2. The molecule has 12 nitrogen and oxygen atoms in total. The fourth-order valence-electron chi connectivity index (χ4n) is 2.14. The topological polar surface area (TPSA) is 215 Å². The average Bonchev–Trinajstić information content (AvgIpc) is 2.64. The van der Waals surface area contributed by atoms with Crippen molar-refractivity contribution in [2.24, 2.45) is 22.2 Å². The predicted molar refractivity (Wildman–Crippen MR) is 111 cm³/mol. The number of thioether (sulfide) groups is 1. The van der Waals surface area contributed by atoms with Crippen LogP contribution in [0.5, 0.6) is 0 Å². The van der Waals surface area contributed by atoms with Crippen LogP contribution in [0.15, 0.2) is 4.99 Å². The summed E-state index contributed by atoms with van der Waals surface area (Å²) < 4.78 is 0. The Kier molecular flexibility index (Phi) is 13.2. The van der Waals surface area contributed by atoms with Crippen LogP contribution in [0.4, 0.5) is 0 Å². The van der Waals surface area contributed by atoms with Crippen LogP contribution in [-0.2, 0) is 19.2 Å². The van der Waals surface area contributed by atoms with E-state index in [0.29, 0.717) is 18.6 Å². The van der Waals surface area contributed by atoms with Gasteiger partial charge in [0.25, 0.3) is 0 Å². The molecule has 0 radical (unpaired) electrons. The first-order chi connectivity index (χ1) is 13.6. The molecule has 10 N–H and O–H groups in total. The second-order valence-corrected chi connectivity index (χ2v) is 7.24. The molecule has 0 saturated carbocycles. The van der Waals surface area contributed by atoms with Gasteiger partial charge in [0, 0.05) is 6.54 Å². The summed E-state index contributed by atoms with van der Waals surface area (Å²) >= 11 is 1.47. The SMILES string of the molecule is CSCCC(NC(=O)C(CCCN=C(N)N)NC(=O)C(C)N)C(=O)NCC(=O)O. The number of nitrogens with two attached hydrogens (primary N) is 3. The van der Waals surface area contributed by atoms with Gasteiger partial charge in [-0.15, -0.1) is 0 Å². The summed E-state index contributed by atoms with van der Waals surface area (Å²) in [5.74, 6) is -2.45. The van der Waals surface area contributed by atoms with Crippen molar-refractivity contribution in [3.05, 3.63) is 0 Å². The molecule has 0 spiro atoms. The Morgan fingerprint density at radius 2 is 1.62 bits per heavy atom. The van der Waals surface area contributed by atoms with Gasteiger partial charge in [-0.05, 0) is 38.2 Å². The van der Waals surface area contributed by atoms with Gasteiger partial charge in [0.15, 0.2) is 5.96 Å². The maximum absolute atomic E-state index is 12.7. The van der Waals surface area contributed by atoms with Gasteiger partial charge >= 0.3 is 5.97 Å². The van der Waals surface area contributed by atoms with Crippen molar-refractivity contribution in [1.29, 1.82) is 0 Å². The Hall–Kier alpha value is -2.54. The quantitative estimate of drug-likeness (QED) is 0.0861. The van der Waals surface area contributed by atoms with Gasteiger partial charge in [-0.3, -0.25) is 24.2 Å². The highest BCUT2D eigenvalue weighted by Gasteiger charge is 2.27. The number of carboxylic acid groups (broad SMARTS) is 1. The van der Waals surface area contributed by atoms with Crippen molar-refractivity contribution >= 4 is 41.4 Å². The molecule has 166 valence electrons. The molecule has 3 atom stereocenters. The number of aliphatic imine (C=N–C) groups is 1. The van der Waals surface area contributed by atoms with E-state index in [1.165, 1.54) is 18.7 Å². The smallest absolute Gasteiger partial charge is 0.322 e. The standard InChI is InChI=1S/C16H31N7O5S/c1-9(17)13(26)22-10(4-3-6-20-16(18)19)15(28)23-11(5-7-29-2)14(27)21-8-12(24)25/h9-11H,3-8,17H2,1-2H3,(H,21,27)(H,22,26)(H,23,28)(H,24,25)(H4,18,19,20). The summed E-state index contributed by atoms with van der Waals surface area (Å²) in [5.41, 5.74) is 16.1. The summed E-state index contributed by atoms with van der Waals surface area (Å²) in [7, 11) is 0. The molecule has 0 heterocycles. The monoisotopic (exact) mass is 433 g/mol. The van der Waals surface area contributed by atoms with Crippen molar-refractivity contribution in [1.82, 2.24) is 16.0 Å². The lowest BCUT2D eigenvalue weighted by Crippen LogP contribution is -2.55. The molecule has 3 unspecified atom stereocenters. The number of nitrogens with one attached hydrogen (secondary N) is 3. The lowest BCUT2D eigenvalue weighted by atomic mass is 10.1. The molecule has 0 aromatic carbocycles. The maximum Gasteiger partial charge on any atom is 0.322 e. The second-order valence-electron chi connectivity index (χ2n) is 6.25. The number of hydrogen-bond donors (Lipinski definition) is 7. The largest absolute Gasteiger partial charge is 0.480 e. The third-order valence-electron chi connectivity index (χ3n) is 3.65. The van der Waals surface area contributed by atoms with Gasteiger partial charge in [0.2, 0.25) is 17.7 Å². The van der Waals surface area contributed by atoms with Crippen LogP contribution in [0.2, 0.25) is 0 Å². The van der Waals surface area contributed by atoms with Gasteiger partial charge in [-0.2, -0.15) is 11.8 Å². The Balaban J connectivity index is 5.14. The summed E-state index contributed by atoms with van der Waals surface area (Å²) in [5, 5.41) is 16.1. The van der Waals surface area contributed by atoms with Crippen molar-refractivity contribution in [3.8, 4) is 0 Å². The van der Waals surface area contributed by atoms with Crippen LogP contribution in [-0.4, -0.2) is 78.0 Å². The number of guanidine groups is 1. The van der Waals surface area contributed by atoms with Crippen LogP contribution < -0.4 is 33.2 Å². The summed E-state index contributed by atoms with van der Waals surface area (Å²) in [6, 6.07) is -2.72. The van der Waals surface area contributed by atoms with E-state index in [1.54, 1.807) is 0 Å². The lowest BCUT2D eigenvalue weighted by molar-refractivity contribution is -0.138. The zero-order valence-electron chi connectivity index (χ0n) is 16.6. The summed E-state index contributed by atoms with van der Waals surface area (Å²) in [4.78, 5) is 51.3. The van der Waals surface area contributed by atoms with Crippen molar-refractivity contribution in [2.45, 2.75) is 44.3 Å². The van der Waals surface area contributed by atoms with Gasteiger partial charge in [0.1, 0.15) is 18.6 Å². The summed E-state index contributed by atoms with van der Waals surface area (Å²) in [6.07, 6.45) is 2.74. The van der Waals surface area contributed by atoms with Crippen LogP contribution in [0.25, 0.3) is 0 Å². The van der Waals surface area contributed by atoms with E-state index < -0.39 is 48.4 Å². The van der Waals surface area contributed by atoms with Crippen molar-refractivity contribution in [3.63, 3.8) is 0 Å². The highest BCUT2D eigenvalue weighted by molar-refractivity contribution is 7.98. The maximum atomic E-state index is 12.7. The van der Waals surface area contributed by atoms with Gasteiger partial charge in [-0.1, -0.05) is 0 Å². The minimum Gasteiger partial charge on any atom is -0.480 e. The van der Waals surface area contributed by atoms with Gasteiger partial charge < -0.3 is 38.3 Å². The Bertz CT molecular complexity index is 596. The number of carbonyl (C=O) groups excluding carboxylic acids is 3. The Morgan fingerprint density at radius 3 is 2.14 bits per heavy atom. The number of nitrogens with zero attached hydrogens (tertiary/aromatic N) is 1. The number of amides is 3. The molecule has 0 bridgehead atoms. The normalized spacial score (nSPS) is 13.5. The first-order valence-electron chi connectivity index (χ1n) is 8.98. The van der Waals surface area contributed by atoms with E-state index in [0.717, 1.165) is 0 Å². The lowest BCUT2D eigenvalue weighted by Gasteiger charge is -2.23. The van der Waals surface area contributed by atoms with Crippen molar-refractivity contribution < 1.29 is 24.3 Å². The zero-order valence-corrected chi connectivity index (χ0v) is 17.5. The molecule has 0 aliphatic carbocycles. The minimum absolute atomic E-state index is 0.0853. The highest BCUT2D eigenvalue weighted by Crippen LogP contribution is 2.04. The van der Waals surface area contributed by atoms with Gasteiger partial charge in [0.05, 0.1) is 6.04 Å². The first kappa shape index (κ1) is 26.5. The number of hydrogen-bond acceptors (Lipinski definition) is 7. The van der Waals surface area contributed by atoms with Crippen LogP contribution >= 0.6 is 11.8 Å². The van der Waals surface area contributed by atoms with E-state index in [1.807, 2.05) is 6.26 Å². The van der Waals surface area contributed by atoms with Gasteiger partial charge in [-0.25, -0.2) is 0 Å². The number of aliphatic carboxylic acids is 1. The third-order valence-corrected chi connectivity index (χ3v) is 4.29.